The summed E-state index contributed by atoms with van der Waals surface area (Å²) in [6.45, 7) is 2.68. The summed E-state index contributed by atoms with van der Waals surface area (Å²) in [5, 5.41) is 7.31. The maximum absolute atomic E-state index is 12.6. The molecule has 0 saturated carbocycles. The van der Waals surface area contributed by atoms with Crippen LogP contribution in [0.1, 0.15) is 0 Å². The lowest BCUT2D eigenvalue weighted by Crippen LogP contribution is -2.51. The average Bonchev–Trinajstić information content (AvgIpc) is 3.24. The van der Waals surface area contributed by atoms with Gasteiger partial charge in [0.25, 0.3) is 0 Å². The Hall–Kier alpha value is -4.20. The van der Waals surface area contributed by atoms with E-state index in [0.29, 0.717) is 30.1 Å². The number of fused-ring (bicyclic) bond motifs is 3. The molecule has 0 spiro atoms. The number of rotatable bonds is 5. The number of nitrogens with one attached hydrogen (secondary N) is 2. The molecule has 4 aromatic rings. The minimum atomic E-state index is -0.481. The van der Waals surface area contributed by atoms with Crippen molar-refractivity contribution in [3.63, 3.8) is 0 Å². The molecule has 1 saturated heterocycles. The number of anilines is 2. The van der Waals surface area contributed by atoms with E-state index in [0.717, 1.165) is 35.1 Å². The molecule has 1 aromatic heterocycles. The Morgan fingerprint density at radius 1 is 0.912 bits per heavy atom. The summed E-state index contributed by atoms with van der Waals surface area (Å²) in [4.78, 5) is 29.2. The first-order chi connectivity index (χ1) is 16.6. The molecule has 0 aliphatic carbocycles. The number of nitrogens with zero attached hydrogens (tertiary/aromatic N) is 2. The monoisotopic (exact) mass is 458 g/mol. The number of ether oxygens (including phenoxy) is 1. The van der Waals surface area contributed by atoms with Gasteiger partial charge in [-0.15, -0.1) is 0 Å². The highest BCUT2D eigenvalue weighted by atomic mass is 16.5. The third kappa shape index (κ3) is 4.34. The highest BCUT2D eigenvalue weighted by molar-refractivity contribution is 6.07. The molecule has 3 amide bonds. The lowest BCUT2D eigenvalue weighted by atomic mass is 10.1. The lowest BCUT2D eigenvalue weighted by Gasteiger charge is -2.36. The maximum atomic E-state index is 12.6. The largest absolute Gasteiger partial charge is 0.495 e. The molecular weight excluding hydrogens is 432 g/mol. The van der Waals surface area contributed by atoms with E-state index < -0.39 is 6.03 Å². The van der Waals surface area contributed by atoms with E-state index in [1.54, 1.807) is 18.1 Å². The van der Waals surface area contributed by atoms with Gasteiger partial charge in [0, 0.05) is 48.7 Å². The van der Waals surface area contributed by atoms with Gasteiger partial charge in [0.2, 0.25) is 5.91 Å². The minimum absolute atomic E-state index is 0.0770. The third-order valence-electron chi connectivity index (χ3n) is 6.10. The average molecular weight is 459 g/mol. The SMILES string of the molecule is COc1cc2c(cc1NC(=O)NCC(=O)N1CCN(c3ccccc3)CC1)oc1ccccc12. The number of benzene rings is 3. The molecule has 0 atom stereocenters. The number of hydrogen-bond acceptors (Lipinski definition) is 5. The second-order valence-corrected chi connectivity index (χ2v) is 8.16. The zero-order valence-corrected chi connectivity index (χ0v) is 18.9. The van der Waals surface area contributed by atoms with Gasteiger partial charge in [0.1, 0.15) is 16.9 Å². The predicted molar refractivity (Wildman–Crippen MR) is 133 cm³/mol. The summed E-state index contributed by atoms with van der Waals surface area (Å²) >= 11 is 0. The predicted octanol–water partition coefficient (Wildman–Crippen LogP) is 4.06. The van der Waals surface area contributed by atoms with Gasteiger partial charge in [0.15, 0.2) is 0 Å². The number of para-hydroxylation sites is 2. The molecule has 0 bridgehead atoms. The molecular formula is C26H26N4O4. The van der Waals surface area contributed by atoms with Gasteiger partial charge < -0.3 is 29.6 Å². The molecule has 0 radical (unpaired) electrons. The highest BCUT2D eigenvalue weighted by Crippen LogP contribution is 2.36. The standard InChI is InChI=1S/C26H26N4O4/c1-33-24-15-20-19-9-5-6-10-22(19)34-23(20)16-21(24)28-26(32)27-17-25(31)30-13-11-29(12-14-30)18-7-3-2-4-8-18/h2-10,15-16H,11-14,17H2,1H3,(H2,27,28,32). The number of furan rings is 1. The Bertz CT molecular complexity index is 1330. The number of carbonyl (C=O) groups excluding carboxylic acids is 2. The van der Waals surface area contributed by atoms with Crippen LogP contribution in [-0.2, 0) is 4.79 Å². The van der Waals surface area contributed by atoms with Crippen molar-refractivity contribution >= 4 is 45.3 Å². The lowest BCUT2D eigenvalue weighted by molar-refractivity contribution is -0.130. The maximum Gasteiger partial charge on any atom is 0.319 e. The van der Waals surface area contributed by atoms with Crippen LogP contribution in [0.25, 0.3) is 21.9 Å². The summed E-state index contributed by atoms with van der Waals surface area (Å²) in [7, 11) is 1.55. The van der Waals surface area contributed by atoms with E-state index in [2.05, 4.69) is 27.7 Å². The Kier molecular flexibility index (Phi) is 5.95. The van der Waals surface area contributed by atoms with Gasteiger partial charge in [-0.05, 0) is 24.3 Å². The number of methoxy groups -OCH3 is 1. The van der Waals surface area contributed by atoms with Gasteiger partial charge in [-0.3, -0.25) is 4.79 Å². The number of urea groups is 1. The van der Waals surface area contributed by atoms with Crippen molar-refractivity contribution in [2.75, 3.05) is 50.1 Å². The van der Waals surface area contributed by atoms with Gasteiger partial charge in [-0.25, -0.2) is 4.79 Å². The molecule has 174 valence electrons. The van der Waals surface area contributed by atoms with Crippen molar-refractivity contribution in [2.45, 2.75) is 0 Å². The van der Waals surface area contributed by atoms with Crippen LogP contribution < -0.4 is 20.3 Å². The van der Waals surface area contributed by atoms with Crippen LogP contribution >= 0.6 is 0 Å². The first kappa shape index (κ1) is 21.6. The molecule has 1 aliphatic rings. The van der Waals surface area contributed by atoms with Crippen molar-refractivity contribution in [3.05, 3.63) is 66.7 Å². The molecule has 1 fully saturated rings. The van der Waals surface area contributed by atoms with Gasteiger partial charge in [0.05, 0.1) is 19.3 Å². The zero-order chi connectivity index (χ0) is 23.5. The highest BCUT2D eigenvalue weighted by Gasteiger charge is 2.22. The van der Waals surface area contributed by atoms with E-state index >= 15 is 0 Å². The van der Waals surface area contributed by atoms with E-state index in [1.807, 2.05) is 48.5 Å². The molecule has 8 nitrogen and oxygen atoms in total. The summed E-state index contributed by atoms with van der Waals surface area (Å²) < 4.78 is 11.4. The fourth-order valence-corrected chi connectivity index (χ4v) is 4.31. The normalized spacial score (nSPS) is 13.8. The van der Waals surface area contributed by atoms with Crippen LogP contribution in [-0.4, -0.2) is 56.7 Å². The Morgan fingerprint density at radius 2 is 1.65 bits per heavy atom. The van der Waals surface area contributed by atoms with Crippen LogP contribution in [0, 0.1) is 0 Å². The summed E-state index contributed by atoms with van der Waals surface area (Å²) in [5.74, 6) is 0.403. The fourth-order valence-electron chi connectivity index (χ4n) is 4.31. The Balaban J connectivity index is 1.18. The number of piperazine rings is 1. The molecule has 2 heterocycles. The van der Waals surface area contributed by atoms with Crippen LogP contribution in [0.4, 0.5) is 16.2 Å². The van der Waals surface area contributed by atoms with Gasteiger partial charge >= 0.3 is 6.03 Å². The number of hydrogen-bond donors (Lipinski definition) is 2. The number of amides is 3. The molecule has 2 N–H and O–H groups in total. The molecule has 0 unspecified atom stereocenters. The fraction of sp³-hybridized carbons (Fsp3) is 0.231. The molecule has 5 rings (SSSR count). The second kappa shape index (κ2) is 9.35. The summed E-state index contributed by atoms with van der Waals surface area (Å²) in [6, 6.07) is 21.0. The summed E-state index contributed by atoms with van der Waals surface area (Å²) in [6.07, 6.45) is 0. The Labute approximate surface area is 197 Å². The van der Waals surface area contributed by atoms with Gasteiger partial charge in [-0.2, -0.15) is 0 Å². The minimum Gasteiger partial charge on any atom is -0.495 e. The van der Waals surface area contributed by atoms with Crippen LogP contribution in [0.3, 0.4) is 0 Å². The second-order valence-electron chi connectivity index (χ2n) is 8.16. The van der Waals surface area contributed by atoms with Crippen LogP contribution in [0.5, 0.6) is 5.75 Å². The first-order valence-electron chi connectivity index (χ1n) is 11.2. The third-order valence-corrected chi connectivity index (χ3v) is 6.10. The van der Waals surface area contributed by atoms with E-state index in [1.165, 1.54) is 0 Å². The van der Waals surface area contributed by atoms with Crippen LogP contribution in [0.2, 0.25) is 0 Å². The molecule has 3 aromatic carbocycles. The molecule has 1 aliphatic heterocycles. The number of carbonyl (C=O) groups is 2. The van der Waals surface area contributed by atoms with Crippen molar-refractivity contribution in [1.82, 2.24) is 10.2 Å². The van der Waals surface area contributed by atoms with E-state index in [4.69, 9.17) is 9.15 Å². The smallest absolute Gasteiger partial charge is 0.319 e. The van der Waals surface area contributed by atoms with Crippen molar-refractivity contribution < 1.29 is 18.7 Å². The zero-order valence-electron chi connectivity index (χ0n) is 18.9. The van der Waals surface area contributed by atoms with Gasteiger partial charge in [-0.1, -0.05) is 36.4 Å². The first-order valence-corrected chi connectivity index (χ1v) is 11.2. The molecule has 34 heavy (non-hydrogen) atoms. The van der Waals surface area contributed by atoms with Crippen molar-refractivity contribution in [2.24, 2.45) is 0 Å². The quantitative estimate of drug-likeness (QED) is 0.471. The topological polar surface area (TPSA) is 87.0 Å². The van der Waals surface area contributed by atoms with Crippen molar-refractivity contribution in [1.29, 1.82) is 0 Å². The Morgan fingerprint density at radius 3 is 2.41 bits per heavy atom. The molecule has 8 heteroatoms. The van der Waals surface area contributed by atoms with E-state index in [-0.39, 0.29) is 12.5 Å². The van der Waals surface area contributed by atoms with Crippen molar-refractivity contribution in [3.8, 4) is 5.75 Å². The van der Waals surface area contributed by atoms with Crippen LogP contribution in [0.15, 0.2) is 71.1 Å². The summed E-state index contributed by atoms with van der Waals surface area (Å²) in [5.41, 5.74) is 3.03. The van der Waals surface area contributed by atoms with E-state index in [9.17, 15) is 9.59 Å².